The van der Waals surface area contributed by atoms with Crippen LogP contribution < -0.4 is 4.90 Å². The number of piperazine rings is 1. The van der Waals surface area contributed by atoms with Crippen LogP contribution in [0.25, 0.3) is 0 Å². The standard InChI is InChI=1S/C22H35N3O3S/c1-16-6-7-19(4)21(13-16)29(27,28)25-10-8-23(9-11-25)20(5)22(26)24-14-17(2)12-18(3)15-24/h6-7,13,17-18,20H,8-12,14-15H2,1-5H3/p+1/t17-,18-,20-/m0/s1. The molecule has 0 bridgehead atoms. The van der Waals surface area contributed by atoms with Crippen molar-refractivity contribution in [2.75, 3.05) is 39.3 Å². The van der Waals surface area contributed by atoms with E-state index in [2.05, 4.69) is 13.8 Å². The number of quaternary nitrogens is 1. The summed E-state index contributed by atoms with van der Waals surface area (Å²) in [6.07, 6.45) is 1.18. The normalized spacial score (nSPS) is 25.8. The van der Waals surface area contributed by atoms with E-state index in [0.717, 1.165) is 24.2 Å². The summed E-state index contributed by atoms with van der Waals surface area (Å²) in [7, 11) is -3.49. The molecular weight excluding hydrogens is 386 g/mol. The second kappa shape index (κ2) is 8.74. The molecule has 1 N–H and O–H groups in total. The number of carbonyl (C=O) groups is 1. The Morgan fingerprint density at radius 1 is 1.10 bits per heavy atom. The predicted molar refractivity (Wildman–Crippen MR) is 114 cm³/mol. The Bertz CT molecular complexity index is 837. The molecule has 7 heteroatoms. The number of nitrogens with zero attached hydrogens (tertiary/aromatic N) is 2. The molecule has 3 rings (SSSR count). The van der Waals surface area contributed by atoms with Gasteiger partial charge in [-0.15, -0.1) is 0 Å². The van der Waals surface area contributed by atoms with Crippen LogP contribution in [0.3, 0.4) is 0 Å². The van der Waals surface area contributed by atoms with Gasteiger partial charge in [-0.3, -0.25) is 4.79 Å². The number of nitrogens with one attached hydrogen (secondary N) is 1. The summed E-state index contributed by atoms with van der Waals surface area (Å²) in [5, 5.41) is 0. The molecule has 0 aromatic heterocycles. The molecule has 0 saturated carbocycles. The lowest BCUT2D eigenvalue weighted by Crippen LogP contribution is -3.19. The van der Waals surface area contributed by atoms with E-state index in [1.165, 1.54) is 11.3 Å². The fourth-order valence-electron chi connectivity index (χ4n) is 4.86. The number of carbonyl (C=O) groups excluding carboxylic acids is 1. The minimum absolute atomic E-state index is 0.127. The molecule has 0 spiro atoms. The van der Waals surface area contributed by atoms with Gasteiger partial charge >= 0.3 is 0 Å². The third kappa shape index (κ3) is 4.84. The number of rotatable bonds is 4. The number of likely N-dealkylation sites (tertiary alicyclic amines) is 1. The Morgan fingerprint density at radius 3 is 2.28 bits per heavy atom. The van der Waals surface area contributed by atoms with Gasteiger partial charge in [0.1, 0.15) is 0 Å². The molecule has 2 heterocycles. The molecule has 6 nitrogen and oxygen atoms in total. The number of amides is 1. The molecule has 2 aliphatic heterocycles. The highest BCUT2D eigenvalue weighted by Crippen LogP contribution is 2.22. The first kappa shape index (κ1) is 22.2. The van der Waals surface area contributed by atoms with Gasteiger partial charge in [-0.2, -0.15) is 4.31 Å². The topological polar surface area (TPSA) is 62.1 Å². The first-order valence-electron chi connectivity index (χ1n) is 10.8. The Hall–Kier alpha value is -1.44. The highest BCUT2D eigenvalue weighted by atomic mass is 32.2. The van der Waals surface area contributed by atoms with Crippen LogP contribution >= 0.6 is 0 Å². The average molecular weight is 423 g/mol. The highest BCUT2D eigenvalue weighted by molar-refractivity contribution is 7.89. The first-order chi connectivity index (χ1) is 13.6. The summed E-state index contributed by atoms with van der Waals surface area (Å²) >= 11 is 0. The van der Waals surface area contributed by atoms with Crippen LogP contribution in [0.1, 0.15) is 38.3 Å². The summed E-state index contributed by atoms with van der Waals surface area (Å²) in [6, 6.07) is 5.43. The second-order valence-electron chi connectivity index (χ2n) is 9.24. The van der Waals surface area contributed by atoms with Gasteiger partial charge in [0.25, 0.3) is 5.91 Å². The van der Waals surface area contributed by atoms with Crippen molar-refractivity contribution in [1.82, 2.24) is 9.21 Å². The molecule has 0 radical (unpaired) electrons. The van der Waals surface area contributed by atoms with Crippen LogP contribution in [0.4, 0.5) is 0 Å². The fourth-order valence-corrected chi connectivity index (χ4v) is 6.61. The van der Waals surface area contributed by atoms with E-state index in [0.29, 0.717) is 42.9 Å². The van der Waals surface area contributed by atoms with Crippen LogP contribution in [0.15, 0.2) is 23.1 Å². The third-order valence-corrected chi connectivity index (χ3v) is 8.53. The van der Waals surface area contributed by atoms with Crippen molar-refractivity contribution in [3.8, 4) is 0 Å². The zero-order valence-corrected chi connectivity index (χ0v) is 19.3. The maximum atomic E-state index is 13.1. The highest BCUT2D eigenvalue weighted by Gasteiger charge is 2.37. The Balaban J connectivity index is 1.64. The predicted octanol–water partition coefficient (Wildman–Crippen LogP) is 1.09. The molecule has 2 aliphatic rings. The lowest BCUT2D eigenvalue weighted by molar-refractivity contribution is -0.918. The van der Waals surface area contributed by atoms with E-state index in [1.807, 2.05) is 37.8 Å². The molecule has 162 valence electrons. The number of hydrogen-bond acceptors (Lipinski definition) is 3. The monoisotopic (exact) mass is 422 g/mol. The quantitative estimate of drug-likeness (QED) is 0.790. The molecule has 0 aliphatic carbocycles. The van der Waals surface area contributed by atoms with Crippen molar-refractivity contribution in [2.24, 2.45) is 11.8 Å². The number of piperidine rings is 1. The summed E-state index contributed by atoms with van der Waals surface area (Å²) in [4.78, 5) is 16.7. The Labute approximate surface area is 175 Å². The van der Waals surface area contributed by atoms with Gasteiger partial charge in [0, 0.05) is 13.1 Å². The van der Waals surface area contributed by atoms with Crippen LogP contribution in [0.5, 0.6) is 0 Å². The fraction of sp³-hybridized carbons (Fsp3) is 0.682. The molecular formula is C22H36N3O3S+. The molecule has 2 fully saturated rings. The summed E-state index contributed by atoms with van der Waals surface area (Å²) in [5.74, 6) is 1.30. The van der Waals surface area contributed by atoms with Gasteiger partial charge in [0.05, 0.1) is 31.1 Å². The lowest BCUT2D eigenvalue weighted by atomic mass is 9.91. The number of aryl methyl sites for hydroxylation is 2. The lowest BCUT2D eigenvalue weighted by Gasteiger charge is -2.39. The van der Waals surface area contributed by atoms with Gasteiger partial charge in [-0.05, 0) is 56.2 Å². The van der Waals surface area contributed by atoms with Crippen LogP contribution in [-0.4, -0.2) is 68.8 Å². The van der Waals surface area contributed by atoms with Crippen molar-refractivity contribution in [1.29, 1.82) is 0 Å². The van der Waals surface area contributed by atoms with Crippen molar-refractivity contribution < 1.29 is 18.1 Å². The van der Waals surface area contributed by atoms with Gasteiger partial charge in [0.2, 0.25) is 10.0 Å². The summed E-state index contributed by atoms with van der Waals surface area (Å²) in [5.41, 5.74) is 1.73. The molecule has 0 unspecified atom stereocenters. The largest absolute Gasteiger partial charge is 0.337 e. The van der Waals surface area contributed by atoms with E-state index < -0.39 is 10.0 Å². The van der Waals surface area contributed by atoms with E-state index in [4.69, 9.17) is 0 Å². The van der Waals surface area contributed by atoms with Crippen molar-refractivity contribution in [3.63, 3.8) is 0 Å². The van der Waals surface area contributed by atoms with Crippen LogP contribution in [-0.2, 0) is 14.8 Å². The van der Waals surface area contributed by atoms with Crippen molar-refractivity contribution in [3.05, 3.63) is 29.3 Å². The van der Waals surface area contributed by atoms with Gasteiger partial charge in [-0.25, -0.2) is 8.42 Å². The second-order valence-corrected chi connectivity index (χ2v) is 11.1. The minimum atomic E-state index is -3.49. The SMILES string of the molecule is Cc1ccc(C)c(S(=O)(=O)N2CC[NH+]([C@@H](C)C(=O)N3C[C@@H](C)C[C@H](C)C3)CC2)c1. The first-order valence-corrected chi connectivity index (χ1v) is 12.2. The Kier molecular flexibility index (Phi) is 6.70. The van der Waals surface area contributed by atoms with Crippen molar-refractivity contribution in [2.45, 2.75) is 52.0 Å². The zero-order valence-electron chi connectivity index (χ0n) is 18.4. The van der Waals surface area contributed by atoms with Gasteiger partial charge in [0.15, 0.2) is 6.04 Å². The molecule has 2 saturated heterocycles. The minimum Gasteiger partial charge on any atom is -0.337 e. The number of benzene rings is 1. The van der Waals surface area contributed by atoms with Crippen molar-refractivity contribution >= 4 is 15.9 Å². The Morgan fingerprint density at radius 2 is 1.69 bits per heavy atom. The van der Waals surface area contributed by atoms with E-state index in [1.54, 1.807) is 10.4 Å². The van der Waals surface area contributed by atoms with Crippen LogP contribution in [0, 0.1) is 25.7 Å². The molecule has 1 amide bonds. The maximum Gasteiger partial charge on any atom is 0.280 e. The average Bonchev–Trinajstić information content (AvgIpc) is 2.68. The van der Waals surface area contributed by atoms with Gasteiger partial charge < -0.3 is 9.80 Å². The molecule has 1 aromatic carbocycles. The number of hydrogen-bond donors (Lipinski definition) is 1. The van der Waals surface area contributed by atoms with E-state index >= 15 is 0 Å². The number of sulfonamides is 1. The smallest absolute Gasteiger partial charge is 0.280 e. The third-order valence-electron chi connectivity index (χ3n) is 6.49. The maximum absolute atomic E-state index is 13.1. The van der Waals surface area contributed by atoms with Gasteiger partial charge in [-0.1, -0.05) is 26.0 Å². The summed E-state index contributed by atoms with van der Waals surface area (Å²) in [6.45, 7) is 14.1. The summed E-state index contributed by atoms with van der Waals surface area (Å²) < 4.78 is 27.8. The molecule has 3 atom stereocenters. The molecule has 1 aromatic rings. The van der Waals surface area contributed by atoms with E-state index in [9.17, 15) is 13.2 Å². The van der Waals surface area contributed by atoms with E-state index in [-0.39, 0.29) is 11.9 Å². The van der Waals surface area contributed by atoms with Crippen LogP contribution in [0.2, 0.25) is 0 Å². The zero-order chi connectivity index (χ0) is 21.3. The molecule has 29 heavy (non-hydrogen) atoms.